The van der Waals surface area contributed by atoms with E-state index in [0.717, 1.165) is 28.1 Å². The molecule has 0 saturated carbocycles. The summed E-state index contributed by atoms with van der Waals surface area (Å²) in [5.41, 5.74) is 6.58. The lowest BCUT2D eigenvalue weighted by molar-refractivity contribution is 0.0980. The van der Waals surface area contributed by atoms with Gasteiger partial charge in [-0.05, 0) is 87.5 Å². The van der Waals surface area contributed by atoms with Gasteiger partial charge >= 0.3 is 0 Å². The van der Waals surface area contributed by atoms with Gasteiger partial charge in [0.15, 0.2) is 11.6 Å². The molecule has 7 nitrogen and oxygen atoms in total. The first-order chi connectivity index (χ1) is 20.6. The van der Waals surface area contributed by atoms with Crippen molar-refractivity contribution in [1.82, 2.24) is 0 Å². The van der Waals surface area contributed by atoms with Crippen molar-refractivity contribution in [3.8, 4) is 0 Å². The second kappa shape index (κ2) is 10.9. The number of fused-ring (bicyclic) bond motifs is 2. The zero-order valence-electron chi connectivity index (χ0n) is 23.9. The maximum Gasteiger partial charge on any atom is 0.261 e. The summed E-state index contributed by atoms with van der Waals surface area (Å²) in [4.78, 5) is 28.2. The minimum Gasteiger partial charge on any atom is -0.355 e. The first-order valence-corrected chi connectivity index (χ1v) is 15.2. The van der Waals surface area contributed by atoms with Crippen molar-refractivity contribution in [2.45, 2.75) is 25.7 Å². The predicted octanol–water partition coefficient (Wildman–Crippen LogP) is 7.68. The van der Waals surface area contributed by atoms with Gasteiger partial charge in [0.25, 0.3) is 10.0 Å². The van der Waals surface area contributed by atoms with Gasteiger partial charge in [-0.3, -0.25) is 14.3 Å². The summed E-state index contributed by atoms with van der Waals surface area (Å²) >= 11 is 0. The Hall–Kier alpha value is -5.21. The first kappa shape index (κ1) is 27.9. The van der Waals surface area contributed by atoms with Gasteiger partial charge in [0.1, 0.15) is 0 Å². The van der Waals surface area contributed by atoms with Crippen molar-refractivity contribution in [3.63, 3.8) is 0 Å². The summed E-state index contributed by atoms with van der Waals surface area (Å²) in [6, 6.07) is 29.9. The number of nitrogens with one attached hydrogen (secondary N) is 3. The predicted molar refractivity (Wildman–Crippen MR) is 171 cm³/mol. The summed E-state index contributed by atoms with van der Waals surface area (Å²) in [5.74, 6) is -0.818. The molecule has 0 atom stereocenters. The largest absolute Gasteiger partial charge is 0.355 e. The van der Waals surface area contributed by atoms with Crippen LogP contribution in [0, 0.1) is 20.8 Å². The number of sulfonamides is 1. The molecular formula is C35H29N3O4S. The highest BCUT2D eigenvalue weighted by molar-refractivity contribution is 7.92. The van der Waals surface area contributed by atoms with Crippen molar-refractivity contribution in [2.75, 3.05) is 15.4 Å². The van der Waals surface area contributed by atoms with Gasteiger partial charge in [-0.2, -0.15) is 0 Å². The van der Waals surface area contributed by atoms with E-state index in [0.29, 0.717) is 17.1 Å². The van der Waals surface area contributed by atoms with Gasteiger partial charge in [0, 0.05) is 28.2 Å². The van der Waals surface area contributed by atoms with Crippen LogP contribution in [0.5, 0.6) is 0 Å². The lowest BCUT2D eigenvalue weighted by Crippen LogP contribution is -2.24. The Morgan fingerprint density at radius 3 is 1.37 bits per heavy atom. The van der Waals surface area contributed by atoms with Crippen molar-refractivity contribution < 1.29 is 18.0 Å². The van der Waals surface area contributed by atoms with Gasteiger partial charge in [0.05, 0.1) is 27.4 Å². The van der Waals surface area contributed by atoms with Crippen LogP contribution in [-0.2, 0) is 10.0 Å². The minimum absolute atomic E-state index is 0.0312. The molecule has 0 saturated heterocycles. The van der Waals surface area contributed by atoms with Gasteiger partial charge in [0.2, 0.25) is 0 Å². The molecule has 0 heterocycles. The van der Waals surface area contributed by atoms with Crippen molar-refractivity contribution >= 4 is 50.0 Å². The molecule has 0 unspecified atom stereocenters. The van der Waals surface area contributed by atoms with Gasteiger partial charge in [-0.1, -0.05) is 53.1 Å². The van der Waals surface area contributed by atoms with Crippen LogP contribution in [0.15, 0.2) is 108 Å². The molecule has 0 aromatic heterocycles. The fourth-order valence-electron chi connectivity index (χ4n) is 5.05. The van der Waals surface area contributed by atoms with Crippen LogP contribution in [0.2, 0.25) is 0 Å². The molecule has 214 valence electrons. The Morgan fingerprint density at radius 1 is 0.488 bits per heavy atom. The highest BCUT2D eigenvalue weighted by Gasteiger charge is 2.35. The fourth-order valence-corrected chi connectivity index (χ4v) is 6.13. The van der Waals surface area contributed by atoms with E-state index in [1.54, 1.807) is 36.4 Å². The fraction of sp³-hybridized carbons (Fsp3) is 0.0857. The smallest absolute Gasteiger partial charge is 0.261 e. The molecule has 0 bridgehead atoms. The zero-order valence-corrected chi connectivity index (χ0v) is 24.7. The number of anilines is 5. The van der Waals surface area contributed by atoms with Crippen LogP contribution < -0.4 is 15.4 Å². The Bertz CT molecular complexity index is 2000. The third kappa shape index (κ3) is 5.52. The van der Waals surface area contributed by atoms with Crippen LogP contribution >= 0.6 is 0 Å². The molecule has 0 fully saturated rings. The van der Waals surface area contributed by atoms with Crippen LogP contribution in [-0.4, -0.2) is 20.0 Å². The normalized spacial score (nSPS) is 12.3. The van der Waals surface area contributed by atoms with Gasteiger partial charge < -0.3 is 10.6 Å². The second-order valence-corrected chi connectivity index (χ2v) is 12.4. The van der Waals surface area contributed by atoms with Crippen LogP contribution in [0.3, 0.4) is 0 Å². The summed E-state index contributed by atoms with van der Waals surface area (Å²) < 4.78 is 29.1. The Morgan fingerprint density at radius 2 is 0.907 bits per heavy atom. The molecule has 0 amide bonds. The Kier molecular flexibility index (Phi) is 7.07. The minimum atomic E-state index is -4.03. The maximum atomic E-state index is 14.2. The van der Waals surface area contributed by atoms with Crippen molar-refractivity contribution in [2.24, 2.45) is 0 Å². The first-order valence-electron chi connectivity index (χ1n) is 13.8. The van der Waals surface area contributed by atoms with Crippen LogP contribution in [0.25, 0.3) is 0 Å². The molecule has 8 heteroatoms. The van der Waals surface area contributed by atoms with E-state index in [9.17, 15) is 18.0 Å². The lowest BCUT2D eigenvalue weighted by Gasteiger charge is -2.24. The number of carbonyl (C=O) groups is 2. The molecule has 43 heavy (non-hydrogen) atoms. The summed E-state index contributed by atoms with van der Waals surface area (Å²) in [6.45, 7) is 5.88. The summed E-state index contributed by atoms with van der Waals surface area (Å²) in [6.07, 6.45) is 0. The molecule has 0 radical (unpaired) electrons. The highest BCUT2D eigenvalue weighted by atomic mass is 32.2. The van der Waals surface area contributed by atoms with Crippen molar-refractivity contribution in [1.29, 1.82) is 0 Å². The average molecular weight is 588 g/mol. The molecule has 3 N–H and O–H groups in total. The van der Waals surface area contributed by atoms with E-state index in [-0.39, 0.29) is 32.9 Å². The topological polar surface area (TPSA) is 104 Å². The molecule has 5 aromatic carbocycles. The third-order valence-corrected chi connectivity index (χ3v) is 8.79. The third-order valence-electron chi connectivity index (χ3n) is 7.41. The van der Waals surface area contributed by atoms with E-state index in [2.05, 4.69) is 15.4 Å². The number of hydrogen-bond acceptors (Lipinski definition) is 6. The van der Waals surface area contributed by atoms with Gasteiger partial charge in [-0.15, -0.1) is 0 Å². The number of rotatable bonds is 7. The molecule has 5 aromatic rings. The molecule has 0 aliphatic heterocycles. The van der Waals surface area contributed by atoms with E-state index in [1.807, 2.05) is 69.3 Å². The van der Waals surface area contributed by atoms with Gasteiger partial charge in [-0.25, -0.2) is 8.42 Å². The number of aryl methyl sites for hydroxylation is 3. The van der Waals surface area contributed by atoms with E-state index in [4.69, 9.17) is 0 Å². The molecule has 1 aliphatic rings. The van der Waals surface area contributed by atoms with Crippen molar-refractivity contribution in [3.05, 3.63) is 142 Å². The lowest BCUT2D eigenvalue weighted by atomic mass is 9.82. The second-order valence-electron chi connectivity index (χ2n) is 10.7. The van der Waals surface area contributed by atoms with E-state index >= 15 is 0 Å². The Balaban J connectivity index is 1.44. The monoisotopic (exact) mass is 587 g/mol. The summed E-state index contributed by atoms with van der Waals surface area (Å²) in [5, 5.41) is 6.59. The molecular weight excluding hydrogens is 558 g/mol. The quantitative estimate of drug-likeness (QED) is 0.177. The maximum absolute atomic E-state index is 14.2. The number of carbonyl (C=O) groups excluding carboxylic acids is 2. The number of benzene rings is 5. The molecule has 1 aliphatic carbocycles. The molecule has 6 rings (SSSR count). The standard InChI is InChI=1S/C35H29N3O4S/c1-21-4-10-24(11-5-21)36-30-18-19-31(37-25-12-6-22(2)7-13-25)33-32(30)34(39)28-17-16-27(20-29(28)35(33)40)43(41,42)38-26-14-8-23(3)9-15-26/h4-20,36-38H,1-3H3. The van der Waals surface area contributed by atoms with Crippen LogP contribution in [0.4, 0.5) is 28.4 Å². The molecule has 0 spiro atoms. The average Bonchev–Trinajstić information content (AvgIpc) is 2.99. The number of ketones is 2. The van der Waals surface area contributed by atoms with E-state index < -0.39 is 15.8 Å². The number of hydrogen-bond donors (Lipinski definition) is 3. The zero-order chi connectivity index (χ0) is 30.3. The van der Waals surface area contributed by atoms with Crippen LogP contribution in [0.1, 0.15) is 48.5 Å². The summed E-state index contributed by atoms with van der Waals surface area (Å²) in [7, 11) is -4.03. The van der Waals surface area contributed by atoms with E-state index in [1.165, 1.54) is 18.2 Å². The highest BCUT2D eigenvalue weighted by Crippen LogP contribution is 2.39. The SMILES string of the molecule is Cc1ccc(Nc2ccc(Nc3ccc(C)cc3)c3c2C(=O)c2ccc(S(=O)(=O)Nc4ccc(C)cc4)cc2C3=O)cc1. The Labute approximate surface area is 250 Å².